The Labute approximate surface area is 841 Å². The van der Waals surface area contributed by atoms with Gasteiger partial charge in [-0.25, -0.2) is 29.9 Å². The molecule has 0 spiro atoms. The van der Waals surface area contributed by atoms with Crippen LogP contribution in [0.4, 0.5) is 0 Å². The number of hydrogen-bond donors (Lipinski definition) is 6. The van der Waals surface area contributed by atoms with Crippen molar-refractivity contribution in [3.8, 4) is 67.5 Å². The van der Waals surface area contributed by atoms with E-state index >= 15 is 0 Å². The van der Waals surface area contributed by atoms with Crippen LogP contribution < -0.4 is 30.6 Å². The number of carbonyl (C=O) groups is 6. The quantitative estimate of drug-likeness (QED) is 0.0661. The van der Waals surface area contributed by atoms with Gasteiger partial charge in [0.1, 0.15) is 0 Å². The first-order chi connectivity index (χ1) is 64.0. The molecule has 12 aromatic carbocycles. The van der Waals surface area contributed by atoms with E-state index in [0.717, 1.165) is 33.4 Å². The molecule has 24 nitrogen and oxygen atoms in total. The summed E-state index contributed by atoms with van der Waals surface area (Å²) in [5.41, 5.74) is 14.1. The molecule has 0 aliphatic heterocycles. The van der Waals surface area contributed by atoms with Crippen molar-refractivity contribution in [3.63, 3.8) is 0 Å². The van der Waals surface area contributed by atoms with E-state index in [1.165, 1.54) is 0 Å². The number of aromatic nitrogens is 6. The van der Waals surface area contributed by atoms with Crippen LogP contribution in [0.1, 0.15) is 104 Å². The minimum Gasteiger partial charge on any atom is -0.545 e. The predicted octanol–water partition coefficient (Wildman–Crippen LogP) is 13.6. The zero-order chi connectivity index (χ0) is 95.7. The summed E-state index contributed by atoms with van der Waals surface area (Å²) in [7, 11) is 0. The van der Waals surface area contributed by atoms with Crippen LogP contribution in [0.2, 0.25) is 0 Å². The van der Waals surface area contributed by atoms with Gasteiger partial charge >= 0.3 is 81.7 Å². The van der Waals surface area contributed by atoms with Gasteiger partial charge in [-0.3, -0.25) is 0 Å². The van der Waals surface area contributed by atoms with Crippen molar-refractivity contribution in [1.29, 1.82) is 0 Å². The fourth-order valence-corrected chi connectivity index (χ4v) is 12.6. The van der Waals surface area contributed by atoms with Gasteiger partial charge in [-0.15, -0.1) is 0 Å². The molecule has 6 N–H and O–H groups in total. The van der Waals surface area contributed by atoms with Crippen LogP contribution in [0, 0.1) is 81.7 Å². The molecule has 0 fully saturated rings. The molecule has 0 aliphatic rings. The summed E-state index contributed by atoms with van der Waals surface area (Å²) in [6.07, 6.45) is 0. The van der Waals surface area contributed by atoms with Gasteiger partial charge in [0, 0.05) is 139 Å². The maximum absolute atomic E-state index is 11.3. The summed E-state index contributed by atoms with van der Waals surface area (Å²) < 4.78 is 0. The molecule has 0 amide bonds. The molecule has 134 heavy (non-hydrogen) atoms. The SMILES string of the molecule is CCO.CCO.CCO.CCO.CCO.CCO.O=C([O-])c1cc(-c2ccccc2)nc2ccccc12.O=C([O-])c1cc(-c2ccccc2)nc2ccccc12.O=C([O-])c1cc(-c2ccccc2)nc2ccccc12.O=C([O-])c1cc(-c2ccccc2)nc2ccccc12.O=C([O-])c1cc(-c2ccccc2)nc2ccccc12.O=C([O-])c1cc(-c2ccccc2)nc2ccccc12.[Nd+3].[Nd+3]. The fourth-order valence-electron chi connectivity index (χ4n) is 12.6. The van der Waals surface area contributed by atoms with Gasteiger partial charge in [0.25, 0.3) is 0 Å². The second kappa shape index (κ2) is 60.4. The number of carboxylic acid groups (broad SMARTS) is 6. The van der Waals surface area contributed by atoms with Gasteiger partial charge in [-0.2, -0.15) is 0 Å². The van der Waals surface area contributed by atoms with E-state index in [4.69, 9.17) is 30.6 Å². The molecule has 0 aliphatic carbocycles. The minimum atomic E-state index is -1.18. The van der Waals surface area contributed by atoms with Gasteiger partial charge in [-0.05, 0) is 114 Å². The normalized spacial score (nSPS) is 9.76. The van der Waals surface area contributed by atoms with E-state index in [1.807, 2.05) is 218 Å². The van der Waals surface area contributed by atoms with Crippen molar-refractivity contribution in [3.05, 3.63) is 397 Å². The number of nitrogens with zero attached hydrogens (tertiary/aromatic N) is 6. The van der Waals surface area contributed by atoms with Crippen LogP contribution in [-0.2, 0) is 0 Å². The van der Waals surface area contributed by atoms with Crippen molar-refractivity contribution < 1.29 is 172 Å². The Balaban J connectivity index is 0.000000273. The molecule has 26 heteroatoms. The van der Waals surface area contributed by atoms with Gasteiger partial charge < -0.3 is 90.0 Å². The Bertz CT molecular complexity index is 5680. The first-order valence-electron chi connectivity index (χ1n) is 41.7. The third-order valence-corrected chi connectivity index (χ3v) is 18.0. The standard InChI is InChI=1S/6C16H11NO2.6C2H6O.2Nd/c6*18-16(19)13-10-15(11-6-2-1-3-7-11)17-14-9-5-4-8-12(13)14;6*1-2-3;;/h6*1-10H,(H,18,19);6*3H,2H2,1H3;;/q;;;;;;;;;;;;2*+3/p-6. The maximum Gasteiger partial charge on any atom is 3.00 e. The van der Waals surface area contributed by atoms with Crippen molar-refractivity contribution >= 4 is 101 Å². The number of aliphatic hydroxyl groups is 6. The second-order valence-electron chi connectivity index (χ2n) is 27.3. The van der Waals surface area contributed by atoms with Gasteiger partial charge in [0.2, 0.25) is 0 Å². The number of aromatic carboxylic acids is 6. The summed E-state index contributed by atoms with van der Waals surface area (Å²) >= 11 is 0. The molecule has 0 saturated carbocycles. The summed E-state index contributed by atoms with van der Waals surface area (Å²) in [6, 6.07) is 109. The topological polar surface area (TPSA) is 439 Å². The average molecular weight is 2050 g/mol. The molecule has 6 heterocycles. The van der Waals surface area contributed by atoms with Crippen LogP contribution >= 0.6 is 0 Å². The smallest absolute Gasteiger partial charge is 0.545 e. The number of rotatable bonds is 12. The van der Waals surface area contributed by atoms with E-state index in [0.29, 0.717) is 99.6 Å². The molecule has 0 saturated heterocycles. The minimum absolute atomic E-state index is 0. The maximum atomic E-state index is 11.3. The van der Waals surface area contributed by atoms with E-state index in [9.17, 15) is 59.4 Å². The first kappa shape index (κ1) is 111. The summed E-state index contributed by atoms with van der Waals surface area (Å²) in [5.74, 6) is -7.11. The average Bonchev–Trinajstić information content (AvgIpc) is 0.822. The Morgan fingerprint density at radius 2 is 0.284 bits per heavy atom. The number of para-hydroxylation sites is 6. The Kier molecular flexibility index (Phi) is 50.0. The molecule has 0 atom stereocenters. The van der Waals surface area contributed by atoms with Crippen molar-refractivity contribution in [2.24, 2.45) is 0 Å². The van der Waals surface area contributed by atoms with E-state index in [1.54, 1.807) is 187 Å². The van der Waals surface area contributed by atoms with E-state index in [2.05, 4.69) is 29.9 Å². The predicted molar refractivity (Wildman–Crippen MR) is 506 cm³/mol. The molecular weight excluding hydrogens is 1960 g/mol. The number of fused-ring (bicyclic) bond motifs is 6. The Hall–Kier alpha value is -13.6. The molecule has 18 rings (SSSR count). The molecule has 0 unspecified atom stereocenters. The fraction of sp³-hybridized carbons (Fsp3) is 0.111. The second-order valence-corrected chi connectivity index (χ2v) is 27.3. The van der Waals surface area contributed by atoms with Gasteiger partial charge in [0.05, 0.1) is 103 Å². The van der Waals surface area contributed by atoms with Crippen LogP contribution in [0.5, 0.6) is 0 Å². The molecule has 6 aromatic heterocycles. The summed E-state index contributed by atoms with van der Waals surface area (Å²) in [6.45, 7) is 11.6. The van der Waals surface area contributed by atoms with Gasteiger partial charge in [0.15, 0.2) is 0 Å². The van der Waals surface area contributed by atoms with Crippen molar-refractivity contribution in [1.82, 2.24) is 29.9 Å². The number of aliphatic hydroxyl groups excluding tert-OH is 6. The zero-order valence-corrected chi connectivity index (χ0v) is 80.6. The zero-order valence-electron chi connectivity index (χ0n) is 74.1. The molecule has 674 valence electrons. The third kappa shape index (κ3) is 33.6. The van der Waals surface area contributed by atoms with E-state index in [-0.39, 0.29) is 155 Å². The number of hydrogen-bond acceptors (Lipinski definition) is 24. The Morgan fingerprint density at radius 3 is 0.388 bits per heavy atom. The molecule has 2 radical (unpaired) electrons. The first-order valence-corrected chi connectivity index (χ1v) is 41.7. The van der Waals surface area contributed by atoms with Gasteiger partial charge in [-0.1, -0.05) is 291 Å². The van der Waals surface area contributed by atoms with Crippen molar-refractivity contribution in [2.75, 3.05) is 39.6 Å². The summed E-state index contributed by atoms with van der Waals surface area (Å²) in [4.78, 5) is 94.5. The summed E-state index contributed by atoms with van der Waals surface area (Å²) in [5, 5.41) is 117. The van der Waals surface area contributed by atoms with Crippen LogP contribution in [0.15, 0.2) is 364 Å². The van der Waals surface area contributed by atoms with Crippen LogP contribution in [-0.4, -0.2) is 136 Å². The number of benzene rings is 12. The molecule has 0 bridgehead atoms. The van der Waals surface area contributed by atoms with E-state index < -0.39 is 35.8 Å². The number of carboxylic acids is 6. The number of pyridine rings is 6. The van der Waals surface area contributed by atoms with Crippen molar-refractivity contribution in [2.45, 2.75) is 41.5 Å². The number of carbonyl (C=O) groups excluding carboxylic acids is 6. The molecular formula is C108H96N6Nd2O18. The Morgan fingerprint density at radius 1 is 0.187 bits per heavy atom. The third-order valence-electron chi connectivity index (χ3n) is 18.0. The van der Waals surface area contributed by atoms with Crippen LogP contribution in [0.3, 0.4) is 0 Å². The largest absolute Gasteiger partial charge is 3.00 e. The monoisotopic (exact) mass is 2050 g/mol. The molecule has 18 aromatic rings. The van der Waals surface area contributed by atoms with Crippen LogP contribution in [0.25, 0.3) is 133 Å².